The summed E-state index contributed by atoms with van der Waals surface area (Å²) in [7, 11) is 0. The zero-order chi connectivity index (χ0) is 19.4. The minimum Gasteiger partial charge on any atom is -0.359 e. The van der Waals surface area contributed by atoms with Crippen LogP contribution in [0, 0.1) is 13.8 Å². The molecule has 1 aliphatic rings. The standard InChI is InChI=1S/C20H26N6O/c1-5-26(6-2)11-8-15-13(3)17(23-14(15)4)12-16-18(24-25-20(16)27)19-21-9-7-10-22-19/h7,9-10,12,23H,5-6,8,11H2,1-4H3,(H,25,27). The van der Waals surface area contributed by atoms with Crippen molar-refractivity contribution in [1.82, 2.24) is 25.3 Å². The van der Waals surface area contributed by atoms with Crippen LogP contribution in [0.2, 0.25) is 0 Å². The number of rotatable bonds is 7. The molecule has 7 heteroatoms. The first kappa shape index (κ1) is 19.0. The molecule has 2 aromatic heterocycles. The molecule has 3 heterocycles. The molecular formula is C20H26N6O. The molecule has 1 amide bonds. The quantitative estimate of drug-likeness (QED) is 0.736. The van der Waals surface area contributed by atoms with Crippen LogP contribution in [0.5, 0.6) is 0 Å². The van der Waals surface area contributed by atoms with Crippen LogP contribution >= 0.6 is 0 Å². The Kier molecular flexibility index (Phi) is 5.81. The lowest BCUT2D eigenvalue weighted by Crippen LogP contribution is -2.25. The molecule has 0 fully saturated rings. The summed E-state index contributed by atoms with van der Waals surface area (Å²) in [5, 5.41) is 4.11. The van der Waals surface area contributed by atoms with Crippen LogP contribution in [0.25, 0.3) is 6.08 Å². The van der Waals surface area contributed by atoms with Gasteiger partial charge in [-0.1, -0.05) is 13.8 Å². The molecule has 0 unspecified atom stereocenters. The molecule has 0 spiro atoms. The maximum Gasteiger partial charge on any atom is 0.273 e. The number of aryl methyl sites for hydroxylation is 1. The number of hydrazone groups is 1. The SMILES string of the molecule is CCN(CC)CCc1c(C)[nH]c(C=C2C(=O)NN=C2c2ncccn2)c1C. The van der Waals surface area contributed by atoms with E-state index >= 15 is 0 Å². The van der Waals surface area contributed by atoms with Crippen molar-refractivity contribution in [3.8, 4) is 0 Å². The fourth-order valence-electron chi connectivity index (χ4n) is 3.35. The molecule has 27 heavy (non-hydrogen) atoms. The highest BCUT2D eigenvalue weighted by Gasteiger charge is 2.26. The minimum atomic E-state index is -0.242. The van der Waals surface area contributed by atoms with Gasteiger partial charge in [0.05, 0.1) is 5.57 Å². The smallest absolute Gasteiger partial charge is 0.273 e. The molecule has 0 atom stereocenters. The topological polar surface area (TPSA) is 86.3 Å². The summed E-state index contributed by atoms with van der Waals surface area (Å²) in [5.41, 5.74) is 8.00. The molecule has 0 aromatic carbocycles. The van der Waals surface area contributed by atoms with Gasteiger partial charge in [0, 0.05) is 30.3 Å². The van der Waals surface area contributed by atoms with Gasteiger partial charge >= 0.3 is 0 Å². The molecule has 142 valence electrons. The third kappa shape index (κ3) is 3.98. The third-order valence-corrected chi connectivity index (χ3v) is 5.04. The van der Waals surface area contributed by atoms with E-state index in [2.05, 4.69) is 58.1 Å². The highest BCUT2D eigenvalue weighted by atomic mass is 16.2. The van der Waals surface area contributed by atoms with Crippen LogP contribution in [0.3, 0.4) is 0 Å². The maximum absolute atomic E-state index is 12.3. The van der Waals surface area contributed by atoms with Crippen molar-refractivity contribution < 1.29 is 4.79 Å². The van der Waals surface area contributed by atoms with Crippen molar-refractivity contribution in [3.05, 3.63) is 52.4 Å². The van der Waals surface area contributed by atoms with Gasteiger partial charge in [-0.2, -0.15) is 5.10 Å². The second-order valence-electron chi connectivity index (χ2n) is 6.58. The summed E-state index contributed by atoms with van der Waals surface area (Å²) in [6.07, 6.45) is 6.11. The van der Waals surface area contributed by atoms with E-state index in [4.69, 9.17) is 0 Å². The van der Waals surface area contributed by atoms with Crippen molar-refractivity contribution in [2.24, 2.45) is 5.10 Å². The van der Waals surface area contributed by atoms with E-state index in [9.17, 15) is 4.79 Å². The molecule has 1 aliphatic heterocycles. The van der Waals surface area contributed by atoms with Crippen LogP contribution in [-0.4, -0.2) is 51.1 Å². The lowest BCUT2D eigenvalue weighted by molar-refractivity contribution is -0.116. The van der Waals surface area contributed by atoms with Crippen molar-refractivity contribution in [2.45, 2.75) is 34.1 Å². The van der Waals surface area contributed by atoms with Crippen molar-refractivity contribution in [2.75, 3.05) is 19.6 Å². The Hall–Kier alpha value is -2.80. The van der Waals surface area contributed by atoms with E-state index in [-0.39, 0.29) is 5.91 Å². The number of carbonyl (C=O) groups excluding carboxylic acids is 1. The number of hydrogen-bond donors (Lipinski definition) is 2. The first-order chi connectivity index (χ1) is 13.0. The summed E-state index contributed by atoms with van der Waals surface area (Å²) in [6, 6.07) is 1.73. The average molecular weight is 366 g/mol. The van der Waals surface area contributed by atoms with Crippen LogP contribution in [0.1, 0.15) is 42.2 Å². The summed E-state index contributed by atoms with van der Waals surface area (Å²) < 4.78 is 0. The molecule has 2 N–H and O–H groups in total. The fourth-order valence-corrected chi connectivity index (χ4v) is 3.35. The monoisotopic (exact) mass is 366 g/mol. The number of carbonyl (C=O) groups is 1. The number of likely N-dealkylation sites (N-methyl/N-ethyl adjacent to an activating group) is 1. The number of H-pyrrole nitrogens is 1. The molecule has 7 nitrogen and oxygen atoms in total. The number of nitrogens with one attached hydrogen (secondary N) is 2. The third-order valence-electron chi connectivity index (χ3n) is 5.04. The normalized spacial score (nSPS) is 15.5. The number of aromatic nitrogens is 3. The Bertz CT molecular complexity index is 877. The Balaban J connectivity index is 1.89. The Morgan fingerprint density at radius 1 is 1.15 bits per heavy atom. The lowest BCUT2D eigenvalue weighted by Gasteiger charge is -2.17. The van der Waals surface area contributed by atoms with Gasteiger partial charge < -0.3 is 9.88 Å². The highest BCUT2D eigenvalue weighted by molar-refractivity contribution is 6.32. The predicted octanol–water partition coefficient (Wildman–Crippen LogP) is 2.22. The maximum atomic E-state index is 12.3. The number of amides is 1. The van der Waals surface area contributed by atoms with Crippen LogP contribution in [0.4, 0.5) is 0 Å². The van der Waals surface area contributed by atoms with Gasteiger partial charge in [-0.05, 0) is 56.6 Å². The highest BCUT2D eigenvalue weighted by Crippen LogP contribution is 2.23. The predicted molar refractivity (Wildman–Crippen MR) is 106 cm³/mol. The van der Waals surface area contributed by atoms with Gasteiger partial charge in [-0.3, -0.25) is 4.79 Å². The Morgan fingerprint density at radius 2 is 1.85 bits per heavy atom. The van der Waals surface area contributed by atoms with Gasteiger partial charge in [0.15, 0.2) is 5.82 Å². The molecule has 0 aliphatic carbocycles. The van der Waals surface area contributed by atoms with E-state index in [0.717, 1.165) is 37.4 Å². The summed E-state index contributed by atoms with van der Waals surface area (Å²) >= 11 is 0. The minimum absolute atomic E-state index is 0.242. The van der Waals surface area contributed by atoms with Crippen molar-refractivity contribution in [3.63, 3.8) is 0 Å². The van der Waals surface area contributed by atoms with Gasteiger partial charge in [0.1, 0.15) is 5.71 Å². The van der Waals surface area contributed by atoms with E-state index in [1.165, 1.54) is 11.1 Å². The van der Waals surface area contributed by atoms with Gasteiger partial charge in [-0.25, -0.2) is 15.4 Å². The molecule has 0 radical (unpaired) electrons. The number of hydrogen-bond acceptors (Lipinski definition) is 5. The first-order valence-corrected chi connectivity index (χ1v) is 9.33. The second-order valence-corrected chi connectivity index (χ2v) is 6.58. The number of nitrogens with zero attached hydrogens (tertiary/aromatic N) is 4. The molecule has 0 bridgehead atoms. The van der Waals surface area contributed by atoms with Crippen LogP contribution in [0.15, 0.2) is 29.1 Å². The molecule has 2 aromatic rings. The summed E-state index contributed by atoms with van der Waals surface area (Å²) in [6.45, 7) is 11.7. The molecule has 0 saturated heterocycles. The van der Waals surface area contributed by atoms with Gasteiger partial charge in [0.2, 0.25) is 0 Å². The lowest BCUT2D eigenvalue weighted by atomic mass is 10.0. The van der Waals surface area contributed by atoms with Gasteiger partial charge in [-0.15, -0.1) is 0 Å². The van der Waals surface area contributed by atoms with Gasteiger partial charge in [0.25, 0.3) is 5.91 Å². The van der Waals surface area contributed by atoms with E-state index in [1.54, 1.807) is 18.5 Å². The fraction of sp³-hybridized carbons (Fsp3) is 0.400. The zero-order valence-electron chi connectivity index (χ0n) is 16.3. The largest absolute Gasteiger partial charge is 0.359 e. The van der Waals surface area contributed by atoms with Crippen LogP contribution in [-0.2, 0) is 11.2 Å². The Morgan fingerprint density at radius 3 is 2.52 bits per heavy atom. The first-order valence-electron chi connectivity index (χ1n) is 9.33. The Labute approximate surface area is 159 Å². The van der Waals surface area contributed by atoms with E-state index in [1.807, 2.05) is 6.08 Å². The second kappa shape index (κ2) is 8.26. The van der Waals surface area contributed by atoms with E-state index in [0.29, 0.717) is 17.1 Å². The molecule has 3 rings (SSSR count). The summed E-state index contributed by atoms with van der Waals surface area (Å²) in [4.78, 5) is 26.5. The summed E-state index contributed by atoms with van der Waals surface area (Å²) in [5.74, 6) is 0.193. The van der Waals surface area contributed by atoms with Crippen LogP contribution < -0.4 is 5.43 Å². The average Bonchev–Trinajstić information content (AvgIpc) is 3.17. The molecular weight excluding hydrogens is 340 g/mol. The van der Waals surface area contributed by atoms with Crippen molar-refractivity contribution in [1.29, 1.82) is 0 Å². The van der Waals surface area contributed by atoms with E-state index < -0.39 is 0 Å². The number of aromatic amines is 1. The van der Waals surface area contributed by atoms with Crippen molar-refractivity contribution >= 4 is 17.7 Å². The zero-order valence-corrected chi connectivity index (χ0v) is 16.3. The molecule has 0 saturated carbocycles.